The molecule has 5 nitrogen and oxygen atoms in total. The van der Waals surface area contributed by atoms with E-state index in [1.165, 1.54) is 12.1 Å². The zero-order chi connectivity index (χ0) is 19.4. The third-order valence-electron chi connectivity index (χ3n) is 4.57. The number of phenolic OH excluding ortho intramolecular Hbond substituents is 1. The van der Waals surface area contributed by atoms with E-state index in [1.54, 1.807) is 12.1 Å². The molecule has 2 aromatic carbocycles. The number of ether oxygens (including phenoxy) is 1. The van der Waals surface area contributed by atoms with Crippen LogP contribution in [0.2, 0.25) is 0 Å². The van der Waals surface area contributed by atoms with Crippen molar-refractivity contribution in [3.8, 4) is 11.5 Å². The lowest BCUT2D eigenvalue weighted by Crippen LogP contribution is -2.27. The third kappa shape index (κ3) is 5.70. The van der Waals surface area contributed by atoms with Crippen molar-refractivity contribution in [3.05, 3.63) is 58.1 Å². The number of hydrogen-bond acceptors (Lipinski definition) is 5. The maximum absolute atomic E-state index is 12.5. The molecule has 0 aliphatic carbocycles. The number of carbonyl (C=O) groups is 1. The first-order chi connectivity index (χ1) is 12.2. The molecule has 6 heteroatoms. The molecule has 0 heterocycles. The van der Waals surface area contributed by atoms with Crippen LogP contribution in [0.4, 0.5) is 0 Å². The largest absolute Gasteiger partial charge is 0.504 e. The summed E-state index contributed by atoms with van der Waals surface area (Å²) in [6.07, 6.45) is -0.755. The van der Waals surface area contributed by atoms with Gasteiger partial charge in [-0.25, -0.2) is 4.79 Å². The molecule has 1 unspecified atom stereocenters. The number of benzene rings is 2. The topological polar surface area (TPSA) is 78.8 Å². The summed E-state index contributed by atoms with van der Waals surface area (Å²) in [6, 6.07) is 8.41. The van der Waals surface area contributed by atoms with Gasteiger partial charge in [0, 0.05) is 12.6 Å². The number of phenols is 1. The summed E-state index contributed by atoms with van der Waals surface area (Å²) in [7, 11) is 0. The van der Waals surface area contributed by atoms with Crippen molar-refractivity contribution in [1.82, 2.24) is 5.32 Å². The molecule has 0 saturated carbocycles. The second kappa shape index (κ2) is 9.74. The smallest absolute Gasteiger partial charge is 0.343 e. The van der Waals surface area contributed by atoms with Gasteiger partial charge < -0.3 is 20.3 Å². The molecule has 3 N–H and O–H groups in total. The predicted molar refractivity (Wildman–Crippen MR) is 109 cm³/mol. The number of aromatic hydroxyl groups is 1. The second-order valence-electron chi connectivity index (χ2n) is 6.88. The van der Waals surface area contributed by atoms with Crippen molar-refractivity contribution in [3.63, 3.8) is 0 Å². The first-order valence-electron chi connectivity index (χ1n) is 8.74. The van der Waals surface area contributed by atoms with Crippen LogP contribution in [0.5, 0.6) is 11.5 Å². The minimum atomic E-state index is -0.755. The zero-order valence-electron chi connectivity index (χ0n) is 16.4. The van der Waals surface area contributed by atoms with Crippen LogP contribution < -0.4 is 10.1 Å². The van der Waals surface area contributed by atoms with Gasteiger partial charge in [-0.1, -0.05) is 26.0 Å². The molecule has 1 atom stereocenters. The summed E-state index contributed by atoms with van der Waals surface area (Å²) in [5, 5.41) is 23.5. The van der Waals surface area contributed by atoms with E-state index in [0.29, 0.717) is 17.7 Å². The van der Waals surface area contributed by atoms with Crippen molar-refractivity contribution in [2.24, 2.45) is 0 Å². The van der Waals surface area contributed by atoms with E-state index in [1.807, 2.05) is 40.7 Å². The fraction of sp³-hybridized carbons (Fsp3) is 0.381. The van der Waals surface area contributed by atoms with Gasteiger partial charge >= 0.3 is 5.97 Å². The zero-order valence-corrected chi connectivity index (χ0v) is 17.2. The highest BCUT2D eigenvalue weighted by atomic mass is 35.5. The monoisotopic (exact) mass is 393 g/mol. The van der Waals surface area contributed by atoms with Gasteiger partial charge in [-0.15, -0.1) is 12.4 Å². The Morgan fingerprint density at radius 1 is 1.11 bits per heavy atom. The van der Waals surface area contributed by atoms with Gasteiger partial charge in [0.1, 0.15) is 0 Å². The number of hydrogen-bond donors (Lipinski definition) is 3. The van der Waals surface area contributed by atoms with Crippen LogP contribution in [0.3, 0.4) is 0 Å². The van der Waals surface area contributed by atoms with E-state index in [9.17, 15) is 15.0 Å². The molecule has 0 aliphatic heterocycles. The molecule has 0 spiro atoms. The SMILES string of the molecule is Cc1ccc(C(=O)Oc2ccc(C(O)CNC(C)C)cc2O)c(C)c1C.Cl. The standard InChI is InChI=1S/C21H27NO4.ClH/c1-12(2)22-11-19(24)16-7-9-20(18(23)10-16)26-21(25)17-8-6-13(3)14(4)15(17)5;/h6-10,12,19,22-24H,11H2,1-5H3;1H. The Morgan fingerprint density at radius 3 is 2.37 bits per heavy atom. The van der Waals surface area contributed by atoms with Gasteiger partial charge in [0.15, 0.2) is 11.5 Å². The summed E-state index contributed by atoms with van der Waals surface area (Å²) in [5.41, 5.74) is 4.03. The second-order valence-corrected chi connectivity index (χ2v) is 6.88. The summed E-state index contributed by atoms with van der Waals surface area (Å²) < 4.78 is 5.35. The Kier molecular flexibility index (Phi) is 8.28. The van der Waals surface area contributed by atoms with Crippen LogP contribution in [-0.4, -0.2) is 28.8 Å². The quantitative estimate of drug-likeness (QED) is 0.511. The highest BCUT2D eigenvalue weighted by molar-refractivity contribution is 5.93. The molecular formula is C21H28ClNO4. The molecule has 0 fully saturated rings. The molecule has 0 radical (unpaired) electrons. The Balaban J connectivity index is 0.00000364. The van der Waals surface area contributed by atoms with Crippen molar-refractivity contribution in [2.75, 3.05) is 6.54 Å². The lowest BCUT2D eigenvalue weighted by molar-refractivity contribution is 0.0728. The number of halogens is 1. The van der Waals surface area contributed by atoms with Crippen LogP contribution in [-0.2, 0) is 0 Å². The average Bonchev–Trinajstić information content (AvgIpc) is 2.59. The Morgan fingerprint density at radius 2 is 1.78 bits per heavy atom. The molecule has 148 valence electrons. The summed E-state index contributed by atoms with van der Waals surface area (Å²) in [5.74, 6) is -0.628. The maximum Gasteiger partial charge on any atom is 0.343 e. The molecule has 0 aromatic heterocycles. The number of aliphatic hydroxyl groups is 1. The molecule has 0 bridgehead atoms. The van der Waals surface area contributed by atoms with E-state index in [4.69, 9.17) is 4.74 Å². The van der Waals surface area contributed by atoms with Crippen LogP contribution in [0.25, 0.3) is 0 Å². The molecule has 2 rings (SSSR count). The molecule has 0 aliphatic rings. The fourth-order valence-electron chi connectivity index (χ4n) is 2.63. The molecule has 0 saturated heterocycles. The van der Waals surface area contributed by atoms with Gasteiger partial charge in [-0.05, 0) is 61.2 Å². The predicted octanol–water partition coefficient (Wildman–Crippen LogP) is 3.99. The van der Waals surface area contributed by atoms with Crippen LogP contribution in [0.15, 0.2) is 30.3 Å². The van der Waals surface area contributed by atoms with Crippen molar-refractivity contribution >= 4 is 18.4 Å². The highest BCUT2D eigenvalue weighted by Crippen LogP contribution is 2.30. The molecular weight excluding hydrogens is 366 g/mol. The first-order valence-corrected chi connectivity index (χ1v) is 8.74. The Labute approximate surface area is 166 Å². The van der Waals surface area contributed by atoms with E-state index in [-0.39, 0.29) is 29.9 Å². The number of esters is 1. The highest BCUT2D eigenvalue weighted by Gasteiger charge is 2.17. The van der Waals surface area contributed by atoms with Crippen molar-refractivity contribution in [1.29, 1.82) is 0 Å². The van der Waals surface area contributed by atoms with E-state index >= 15 is 0 Å². The normalized spacial score (nSPS) is 11.8. The van der Waals surface area contributed by atoms with Crippen molar-refractivity contribution in [2.45, 2.75) is 46.8 Å². The lowest BCUT2D eigenvalue weighted by atomic mass is 9.99. The number of aryl methyl sites for hydroxylation is 1. The van der Waals surface area contributed by atoms with Gasteiger partial charge in [0.05, 0.1) is 11.7 Å². The number of aliphatic hydroxyl groups excluding tert-OH is 1. The van der Waals surface area contributed by atoms with E-state index in [0.717, 1.165) is 16.7 Å². The third-order valence-corrected chi connectivity index (χ3v) is 4.57. The summed E-state index contributed by atoms with van der Waals surface area (Å²) in [6.45, 7) is 10.2. The fourth-order valence-corrected chi connectivity index (χ4v) is 2.63. The summed E-state index contributed by atoms with van der Waals surface area (Å²) >= 11 is 0. The van der Waals surface area contributed by atoms with Gasteiger partial charge in [0.25, 0.3) is 0 Å². The number of carbonyl (C=O) groups excluding carboxylic acids is 1. The number of nitrogens with one attached hydrogen (secondary N) is 1. The van der Waals surface area contributed by atoms with Gasteiger partial charge in [-0.2, -0.15) is 0 Å². The first kappa shape index (κ1) is 23.0. The lowest BCUT2D eigenvalue weighted by Gasteiger charge is -2.16. The minimum Gasteiger partial charge on any atom is -0.504 e. The summed E-state index contributed by atoms with van der Waals surface area (Å²) in [4.78, 5) is 12.5. The Bertz CT molecular complexity index is 805. The van der Waals surface area contributed by atoms with Gasteiger partial charge in [-0.3, -0.25) is 0 Å². The molecule has 0 amide bonds. The molecule has 2 aromatic rings. The number of rotatable bonds is 6. The maximum atomic E-state index is 12.5. The van der Waals surface area contributed by atoms with Crippen LogP contribution >= 0.6 is 12.4 Å². The Hall–Kier alpha value is -2.08. The minimum absolute atomic E-state index is 0. The van der Waals surface area contributed by atoms with E-state index in [2.05, 4.69) is 5.32 Å². The van der Waals surface area contributed by atoms with E-state index < -0.39 is 12.1 Å². The van der Waals surface area contributed by atoms with Crippen LogP contribution in [0, 0.1) is 20.8 Å². The van der Waals surface area contributed by atoms with Gasteiger partial charge in [0.2, 0.25) is 0 Å². The van der Waals surface area contributed by atoms with Crippen LogP contribution in [0.1, 0.15) is 52.6 Å². The van der Waals surface area contributed by atoms with Crippen molar-refractivity contribution < 1.29 is 19.7 Å². The average molecular weight is 394 g/mol. The molecule has 27 heavy (non-hydrogen) atoms.